The van der Waals surface area contributed by atoms with E-state index >= 15 is 4.79 Å². The predicted octanol–water partition coefficient (Wildman–Crippen LogP) is 17.0. The second kappa shape index (κ2) is 7.26. The maximum Gasteiger partial charge on any atom is 0.320 e. The third-order valence-corrected chi connectivity index (χ3v) is 26.6. The van der Waals surface area contributed by atoms with Crippen LogP contribution in [-0.4, -0.2) is 62.7 Å². The molecule has 0 bridgehead atoms. The van der Waals surface area contributed by atoms with Gasteiger partial charge in [0.1, 0.15) is 6.10 Å². The van der Waals surface area contributed by atoms with Gasteiger partial charge in [-0.15, -0.1) is 0 Å². The zero-order chi connectivity index (χ0) is 46.6. The Morgan fingerprint density at radius 1 is 0.355 bits per heavy atom. The lowest BCUT2D eigenvalue weighted by Gasteiger charge is -2.53. The van der Waals surface area contributed by atoms with Crippen molar-refractivity contribution in [3.63, 3.8) is 0 Å². The van der Waals surface area contributed by atoms with E-state index in [2.05, 4.69) is 43.9 Å². The summed E-state index contributed by atoms with van der Waals surface area (Å²) in [6.07, 6.45) is 3.06. The summed E-state index contributed by atoms with van der Waals surface area (Å²) in [5, 5.41) is 86.4. The lowest BCUT2D eigenvalue weighted by Crippen LogP contribution is -2.56. The van der Waals surface area contributed by atoms with Crippen molar-refractivity contribution in [1.82, 2.24) is 9.80 Å². The fourth-order valence-electron chi connectivity index (χ4n) is 26.2. The second-order valence-corrected chi connectivity index (χ2v) is 27.8. The van der Waals surface area contributed by atoms with Gasteiger partial charge >= 0.3 is 5.97 Å². The van der Waals surface area contributed by atoms with Gasteiger partial charge in [0.15, 0.2) is 0 Å². The summed E-state index contributed by atoms with van der Waals surface area (Å²) in [4.78, 5) is 19.8. The highest BCUT2D eigenvalue weighted by Crippen LogP contribution is 2.86. The minimum absolute atomic E-state index is 0.0902. The fourth-order valence-corrected chi connectivity index (χ4v) is 26.2. The van der Waals surface area contributed by atoms with E-state index in [9.17, 15) is 0 Å². The molecule has 0 N–H and O–H groups in total. The SMILES string of the molecule is CCC1=CC(OC(=O)CN(C)CCN(C)C)C23c4c5c6c7c8c9c(c%10c%11c2c2c4c4c%12c5c5c6c6c8c8c%13c9c9c%10c%10c%11c%11c2c2c4c4c%12c%12c5c5c6c8c6c8c%13c9c9c%10c%10c%11c2c2c4c4c%12c5c6c5c8c9c%10c2c45)C173. The Balaban J connectivity index is 1.05. The molecule has 33 rings (SSSR count). The number of benzene rings is 18. The summed E-state index contributed by atoms with van der Waals surface area (Å²) < 4.78 is 7.66. The van der Waals surface area contributed by atoms with Crippen LogP contribution in [0.3, 0.4) is 0 Å². The van der Waals surface area contributed by atoms with Crippen LogP contribution in [0.25, 0.3) is 291 Å². The number of esters is 1. The van der Waals surface area contributed by atoms with E-state index in [1.165, 1.54) is 5.57 Å². The van der Waals surface area contributed by atoms with Crippen molar-refractivity contribution in [2.45, 2.75) is 30.3 Å². The summed E-state index contributed by atoms with van der Waals surface area (Å²) in [5.41, 5.74) is 6.66. The number of nitrogens with zero attached hydrogens (tertiary/aromatic N) is 2. The summed E-state index contributed by atoms with van der Waals surface area (Å²) in [7, 11) is 6.37. The summed E-state index contributed by atoms with van der Waals surface area (Å²) in [5.74, 6) is -0.0902. The van der Waals surface area contributed by atoms with E-state index in [4.69, 9.17) is 4.74 Å². The smallest absolute Gasteiger partial charge is 0.320 e. The molecule has 1 atom stereocenters. The van der Waals surface area contributed by atoms with Gasteiger partial charge in [-0.25, -0.2) is 0 Å². The van der Waals surface area contributed by atoms with Gasteiger partial charge in [0, 0.05) is 13.1 Å². The molecule has 0 fully saturated rings. The maximum absolute atomic E-state index is 15.4. The highest BCUT2D eigenvalue weighted by molar-refractivity contribution is 6.82. The van der Waals surface area contributed by atoms with E-state index in [1.807, 2.05) is 0 Å². The minimum Gasteiger partial charge on any atom is -0.456 e. The van der Waals surface area contributed by atoms with Crippen molar-refractivity contribution >= 4 is 297 Å². The number of ether oxygens (including phenoxy) is 1. The molecule has 0 aliphatic heterocycles. The van der Waals surface area contributed by atoms with Crippen molar-refractivity contribution in [2.75, 3.05) is 40.8 Å². The monoisotopic (exact) mass is 946 g/mol. The highest BCUT2D eigenvalue weighted by atomic mass is 16.5. The number of carbonyl (C=O) groups excluding carboxylic acids is 1. The van der Waals surface area contributed by atoms with Crippen LogP contribution in [0.15, 0.2) is 11.6 Å². The van der Waals surface area contributed by atoms with Crippen molar-refractivity contribution < 1.29 is 9.53 Å². The minimum atomic E-state index is -0.665. The van der Waals surface area contributed by atoms with Gasteiger partial charge < -0.3 is 9.64 Å². The molecule has 0 saturated carbocycles. The summed E-state index contributed by atoms with van der Waals surface area (Å²) in [6, 6.07) is 0. The van der Waals surface area contributed by atoms with Gasteiger partial charge in [-0.1, -0.05) is 12.5 Å². The van der Waals surface area contributed by atoms with Crippen LogP contribution >= 0.6 is 0 Å². The van der Waals surface area contributed by atoms with Gasteiger partial charge in [-0.05, 0) is 347 Å². The fraction of sp³-hybridized carbons (Fsp3) is 0.153. The highest BCUT2D eigenvalue weighted by Gasteiger charge is 2.75. The van der Waals surface area contributed by atoms with Crippen molar-refractivity contribution in [3.05, 3.63) is 33.9 Å². The number of rotatable bonds is 7. The average molecular weight is 947 g/mol. The van der Waals surface area contributed by atoms with Crippen molar-refractivity contribution in [2.24, 2.45) is 0 Å². The lowest BCUT2D eigenvalue weighted by atomic mass is 9.47. The number of likely N-dealkylation sites (N-methyl/N-ethyl adjacent to an activating group) is 2. The molecule has 28 aromatic carbocycles. The van der Waals surface area contributed by atoms with Crippen LogP contribution in [0.2, 0.25) is 0 Å². The summed E-state index contributed by atoms with van der Waals surface area (Å²) in [6.45, 7) is 4.45. The van der Waals surface area contributed by atoms with Crippen LogP contribution in [0.5, 0.6) is 0 Å². The quantitative estimate of drug-likeness (QED) is 0.0905. The first kappa shape index (κ1) is 30.8. The number of hydrogen-bond donors (Lipinski definition) is 0. The van der Waals surface area contributed by atoms with Gasteiger partial charge in [0.05, 0.1) is 17.4 Å². The van der Waals surface area contributed by atoms with Crippen molar-refractivity contribution in [3.8, 4) is 0 Å². The number of allylic oxidation sites excluding steroid dienone is 1. The molecule has 5 aliphatic rings. The van der Waals surface area contributed by atoms with E-state index in [-0.39, 0.29) is 12.5 Å². The Morgan fingerprint density at radius 2 is 0.579 bits per heavy atom. The van der Waals surface area contributed by atoms with E-state index in [0.29, 0.717) is 0 Å². The van der Waals surface area contributed by atoms with Gasteiger partial charge in [-0.2, -0.15) is 0 Å². The maximum atomic E-state index is 15.4. The zero-order valence-electron chi connectivity index (χ0n) is 40.7. The van der Waals surface area contributed by atoms with Crippen LogP contribution in [0.4, 0.5) is 0 Å². The molecule has 0 amide bonds. The first-order chi connectivity index (χ1) is 37.5. The molecular formula is C72H22N2O2. The topological polar surface area (TPSA) is 32.8 Å². The van der Waals surface area contributed by atoms with Crippen LogP contribution in [-0.2, 0) is 20.4 Å². The molecular weight excluding hydrogens is 925 g/mol. The van der Waals surface area contributed by atoms with Gasteiger partial charge in [0.25, 0.3) is 0 Å². The third kappa shape index (κ3) is 1.75. The zero-order valence-corrected chi connectivity index (χ0v) is 40.7. The molecule has 0 saturated heterocycles. The number of hydrogen-bond acceptors (Lipinski definition) is 4. The summed E-state index contributed by atoms with van der Waals surface area (Å²) >= 11 is 0. The Bertz CT molecular complexity index is 7250. The molecule has 76 heavy (non-hydrogen) atoms. The molecule has 4 nitrogen and oxygen atoms in total. The molecule has 1 unspecified atom stereocenters. The van der Waals surface area contributed by atoms with Crippen LogP contribution < -0.4 is 0 Å². The first-order valence-electron chi connectivity index (χ1n) is 28.5. The van der Waals surface area contributed by atoms with Gasteiger partial charge in [-0.3, -0.25) is 9.69 Å². The Labute approximate surface area is 418 Å². The van der Waals surface area contributed by atoms with E-state index in [1.54, 1.807) is 313 Å². The Kier molecular flexibility index (Phi) is 2.95. The molecule has 0 aromatic heterocycles. The molecule has 28 aromatic rings. The lowest BCUT2D eigenvalue weighted by molar-refractivity contribution is -0.150. The molecule has 2 spiro atoms. The average Bonchev–Trinajstić information content (AvgIpc) is 2.67. The molecule has 4 heteroatoms. The Morgan fingerprint density at radius 3 is 0.803 bits per heavy atom. The molecule has 5 aliphatic carbocycles. The van der Waals surface area contributed by atoms with Crippen molar-refractivity contribution in [1.29, 1.82) is 0 Å². The molecule has 332 valence electrons. The standard InChI is InChI=1S/C72H22N2O2/c1-5-10-8-11(76-12(75)9-74(4)7-6-73(2)3)72-69-63-57-47-39-29-21-17-14-13-15-19(21)27-35(29)49(57)55-45-37(27)31-23(15)24-16(13)20-22-18(14)26-25(17)33(39)43-44-34(26)40-30(22)36-28(20)38-32(24)42-41(31)51(45)59-60-52(42)46(38)56-50(36)58-48(40)54(44)66(65(69)53(43)47)70(72)64(58)62(56)68(60)71(10,72)67(59)61(55)63/h8,11H,5-7,9H2,1-4H3. The molecule has 0 radical (unpaired) electrons. The molecule has 0 heterocycles. The third-order valence-electron chi connectivity index (χ3n) is 26.6. The largest absolute Gasteiger partial charge is 0.456 e. The Hall–Kier alpha value is -8.41. The van der Waals surface area contributed by atoms with Crippen LogP contribution in [0.1, 0.15) is 35.6 Å². The number of carbonyl (C=O) groups is 1. The van der Waals surface area contributed by atoms with E-state index < -0.39 is 16.9 Å². The predicted molar refractivity (Wildman–Crippen MR) is 318 cm³/mol. The second-order valence-electron chi connectivity index (χ2n) is 27.8. The first-order valence-corrected chi connectivity index (χ1v) is 28.5. The normalized spacial score (nSPS) is 22.8. The van der Waals surface area contributed by atoms with Gasteiger partial charge in [0.2, 0.25) is 0 Å². The van der Waals surface area contributed by atoms with E-state index in [0.717, 1.165) is 19.5 Å². The van der Waals surface area contributed by atoms with Crippen LogP contribution in [0, 0.1) is 0 Å².